The Balaban J connectivity index is 2.60. The minimum atomic E-state index is -0.183. The van der Waals surface area contributed by atoms with Gasteiger partial charge in [0.1, 0.15) is 0 Å². The number of rotatable bonds is 3. The molecule has 1 unspecified atom stereocenters. The first-order valence-corrected chi connectivity index (χ1v) is 7.67. The lowest BCUT2D eigenvalue weighted by Crippen LogP contribution is -2.29. The van der Waals surface area contributed by atoms with Gasteiger partial charge >= 0.3 is 0 Å². The van der Waals surface area contributed by atoms with Gasteiger partial charge in [-0.2, -0.15) is 0 Å². The van der Waals surface area contributed by atoms with Gasteiger partial charge < -0.3 is 0 Å². The second-order valence-electron chi connectivity index (χ2n) is 4.21. The lowest BCUT2D eigenvalue weighted by Gasteiger charge is -2.21. The van der Waals surface area contributed by atoms with E-state index >= 15 is 0 Å². The molecule has 2 aromatic carbocycles. The summed E-state index contributed by atoms with van der Waals surface area (Å²) in [5, 5.41) is 0.672. The van der Waals surface area contributed by atoms with Crippen molar-refractivity contribution in [2.45, 2.75) is 13.0 Å². The third-order valence-electron chi connectivity index (χ3n) is 2.99. The summed E-state index contributed by atoms with van der Waals surface area (Å²) in [5.74, 6) is 5.74. The predicted octanol–water partition coefficient (Wildman–Crippen LogP) is 4.73. The molecule has 0 aliphatic carbocycles. The Bertz CT molecular complexity index is 582. The molecule has 2 nitrogen and oxygen atoms in total. The van der Waals surface area contributed by atoms with E-state index in [0.29, 0.717) is 5.02 Å². The molecule has 19 heavy (non-hydrogen) atoms. The van der Waals surface area contributed by atoms with Gasteiger partial charge in [-0.25, -0.2) is 5.43 Å². The SMILES string of the molecule is Cc1cccc(C(NN)c2c(Cl)cccc2Br)c1Br. The van der Waals surface area contributed by atoms with Crippen molar-refractivity contribution < 1.29 is 0 Å². The van der Waals surface area contributed by atoms with E-state index in [2.05, 4.69) is 37.3 Å². The molecule has 0 aliphatic heterocycles. The van der Waals surface area contributed by atoms with Gasteiger partial charge in [-0.3, -0.25) is 5.84 Å². The Hall–Kier alpha value is -0.390. The van der Waals surface area contributed by atoms with Gasteiger partial charge in [0.2, 0.25) is 0 Å². The van der Waals surface area contributed by atoms with E-state index in [-0.39, 0.29) is 6.04 Å². The van der Waals surface area contributed by atoms with Gasteiger partial charge in [-0.1, -0.05) is 67.7 Å². The van der Waals surface area contributed by atoms with E-state index in [4.69, 9.17) is 17.4 Å². The smallest absolute Gasteiger partial charge is 0.0746 e. The van der Waals surface area contributed by atoms with Crippen LogP contribution in [0.1, 0.15) is 22.7 Å². The van der Waals surface area contributed by atoms with Crippen LogP contribution in [0.2, 0.25) is 5.02 Å². The van der Waals surface area contributed by atoms with Crippen LogP contribution in [0, 0.1) is 6.92 Å². The maximum Gasteiger partial charge on any atom is 0.0746 e. The number of hydrazine groups is 1. The van der Waals surface area contributed by atoms with Gasteiger partial charge in [0.05, 0.1) is 6.04 Å². The Morgan fingerprint density at radius 3 is 2.47 bits per heavy atom. The molecule has 0 saturated heterocycles. The van der Waals surface area contributed by atoms with Crippen molar-refractivity contribution in [2.75, 3.05) is 0 Å². The number of hydrogen-bond acceptors (Lipinski definition) is 2. The third-order valence-corrected chi connectivity index (χ3v) is 5.09. The van der Waals surface area contributed by atoms with Crippen molar-refractivity contribution in [2.24, 2.45) is 5.84 Å². The molecule has 0 aliphatic rings. The van der Waals surface area contributed by atoms with Crippen LogP contribution in [0.4, 0.5) is 0 Å². The quantitative estimate of drug-likeness (QED) is 0.574. The molecule has 0 aromatic heterocycles. The molecule has 0 fully saturated rings. The van der Waals surface area contributed by atoms with E-state index < -0.39 is 0 Å². The Labute approximate surface area is 134 Å². The monoisotopic (exact) mass is 402 g/mol. The molecule has 2 aromatic rings. The van der Waals surface area contributed by atoms with E-state index in [9.17, 15) is 0 Å². The summed E-state index contributed by atoms with van der Waals surface area (Å²) in [6, 6.07) is 11.6. The summed E-state index contributed by atoms with van der Waals surface area (Å²) in [4.78, 5) is 0. The fourth-order valence-corrected chi connectivity index (χ4v) is 3.49. The van der Waals surface area contributed by atoms with Gasteiger partial charge in [0.15, 0.2) is 0 Å². The minimum absolute atomic E-state index is 0.183. The number of nitrogens with one attached hydrogen (secondary N) is 1. The number of halogens is 3. The fraction of sp³-hybridized carbons (Fsp3) is 0.143. The summed E-state index contributed by atoms with van der Waals surface area (Å²) < 4.78 is 1.96. The average Bonchev–Trinajstić information content (AvgIpc) is 2.38. The molecule has 3 N–H and O–H groups in total. The van der Waals surface area contributed by atoms with Crippen LogP contribution in [0.25, 0.3) is 0 Å². The van der Waals surface area contributed by atoms with Crippen LogP contribution in [-0.4, -0.2) is 0 Å². The van der Waals surface area contributed by atoms with Crippen molar-refractivity contribution in [3.8, 4) is 0 Å². The molecule has 1 atom stereocenters. The maximum absolute atomic E-state index is 6.30. The summed E-state index contributed by atoms with van der Waals surface area (Å²) in [5.41, 5.74) is 5.97. The molecule has 0 amide bonds. The van der Waals surface area contributed by atoms with Gasteiger partial charge in [-0.15, -0.1) is 0 Å². The predicted molar refractivity (Wildman–Crippen MR) is 87.2 cm³/mol. The van der Waals surface area contributed by atoms with Gasteiger partial charge in [-0.05, 0) is 30.2 Å². The summed E-state index contributed by atoms with van der Waals surface area (Å²) in [6.07, 6.45) is 0. The van der Waals surface area contributed by atoms with Crippen LogP contribution in [0.15, 0.2) is 45.3 Å². The Kier molecular flexibility index (Phi) is 5.03. The number of benzene rings is 2. The zero-order valence-electron chi connectivity index (χ0n) is 10.3. The molecule has 0 spiro atoms. The van der Waals surface area contributed by atoms with Crippen LogP contribution >= 0.6 is 43.5 Å². The molecule has 0 heterocycles. The van der Waals surface area contributed by atoms with Crippen molar-refractivity contribution in [3.05, 3.63) is 67.1 Å². The van der Waals surface area contributed by atoms with Gasteiger partial charge in [0.25, 0.3) is 0 Å². The Morgan fingerprint density at radius 2 is 1.84 bits per heavy atom. The standard InChI is InChI=1S/C14H13Br2ClN2/c1-8-4-2-5-9(13(8)16)14(19-18)12-10(15)6-3-7-11(12)17/h2-7,14,19H,18H2,1H3. The molecular formula is C14H13Br2ClN2. The van der Waals surface area contributed by atoms with E-state index in [1.807, 2.05) is 43.3 Å². The highest BCUT2D eigenvalue weighted by Crippen LogP contribution is 2.37. The van der Waals surface area contributed by atoms with Gasteiger partial charge in [0, 0.05) is 19.5 Å². The highest BCUT2D eigenvalue weighted by Gasteiger charge is 2.21. The lowest BCUT2D eigenvalue weighted by atomic mass is 9.98. The summed E-state index contributed by atoms with van der Waals surface area (Å²) >= 11 is 13.5. The van der Waals surface area contributed by atoms with Crippen LogP contribution in [-0.2, 0) is 0 Å². The molecule has 5 heteroatoms. The molecule has 0 bridgehead atoms. The number of aryl methyl sites for hydroxylation is 1. The van der Waals surface area contributed by atoms with Crippen molar-refractivity contribution in [3.63, 3.8) is 0 Å². The fourth-order valence-electron chi connectivity index (χ4n) is 2.01. The summed E-state index contributed by atoms with van der Waals surface area (Å²) in [7, 11) is 0. The highest BCUT2D eigenvalue weighted by atomic mass is 79.9. The zero-order chi connectivity index (χ0) is 14.0. The first-order chi connectivity index (χ1) is 9.06. The lowest BCUT2D eigenvalue weighted by molar-refractivity contribution is 0.632. The first-order valence-electron chi connectivity index (χ1n) is 5.71. The van der Waals surface area contributed by atoms with Crippen molar-refractivity contribution in [1.29, 1.82) is 0 Å². The largest absolute Gasteiger partial charge is 0.271 e. The second kappa shape index (κ2) is 6.37. The van der Waals surface area contributed by atoms with Crippen molar-refractivity contribution in [1.82, 2.24) is 5.43 Å². The first kappa shape index (κ1) is 15.0. The topological polar surface area (TPSA) is 38.0 Å². The highest BCUT2D eigenvalue weighted by molar-refractivity contribution is 9.10. The third kappa shape index (κ3) is 3.03. The normalized spacial score (nSPS) is 12.5. The van der Waals surface area contributed by atoms with E-state index in [0.717, 1.165) is 25.6 Å². The number of hydrogen-bond donors (Lipinski definition) is 2. The molecule has 100 valence electrons. The summed E-state index contributed by atoms with van der Waals surface area (Å²) in [6.45, 7) is 2.04. The zero-order valence-corrected chi connectivity index (χ0v) is 14.2. The molecule has 0 saturated carbocycles. The van der Waals surface area contributed by atoms with Crippen LogP contribution in [0.5, 0.6) is 0 Å². The minimum Gasteiger partial charge on any atom is -0.271 e. The second-order valence-corrected chi connectivity index (χ2v) is 6.27. The Morgan fingerprint density at radius 1 is 1.16 bits per heavy atom. The van der Waals surface area contributed by atoms with Crippen LogP contribution in [0.3, 0.4) is 0 Å². The van der Waals surface area contributed by atoms with E-state index in [1.165, 1.54) is 0 Å². The maximum atomic E-state index is 6.30. The molecule has 2 rings (SSSR count). The number of nitrogens with two attached hydrogens (primary N) is 1. The average molecular weight is 405 g/mol. The van der Waals surface area contributed by atoms with Crippen molar-refractivity contribution >= 4 is 43.5 Å². The van der Waals surface area contributed by atoms with E-state index in [1.54, 1.807) is 0 Å². The molecule has 0 radical (unpaired) electrons. The molecular weight excluding hydrogens is 391 g/mol. The van der Waals surface area contributed by atoms with Crippen LogP contribution < -0.4 is 11.3 Å².